The van der Waals surface area contributed by atoms with Crippen LogP contribution in [0.25, 0.3) is 0 Å². The van der Waals surface area contributed by atoms with Crippen molar-refractivity contribution < 1.29 is 5.11 Å². The molecule has 0 unspecified atom stereocenters. The quantitative estimate of drug-likeness (QED) is 0.733. The first-order valence-electron chi connectivity index (χ1n) is 4.86. The highest BCUT2D eigenvalue weighted by Gasteiger charge is 2.19. The Balaban J connectivity index is 1.76. The van der Waals surface area contributed by atoms with Crippen LogP contribution in [0, 0.1) is 0 Å². The monoisotopic (exact) mass is 177 g/mol. The van der Waals surface area contributed by atoms with Crippen molar-refractivity contribution >= 4 is 0 Å². The van der Waals surface area contributed by atoms with E-state index in [1.165, 1.54) is 18.4 Å². The van der Waals surface area contributed by atoms with Crippen LogP contribution in [0.5, 0.6) is 5.75 Å². The summed E-state index contributed by atoms with van der Waals surface area (Å²) in [4.78, 5) is 0. The molecule has 0 aromatic heterocycles. The molecular formula is C11H15NO. The van der Waals surface area contributed by atoms with E-state index in [2.05, 4.69) is 5.32 Å². The van der Waals surface area contributed by atoms with Crippen molar-refractivity contribution in [3.05, 3.63) is 29.8 Å². The van der Waals surface area contributed by atoms with Gasteiger partial charge in [-0.2, -0.15) is 0 Å². The van der Waals surface area contributed by atoms with Crippen molar-refractivity contribution in [1.29, 1.82) is 0 Å². The predicted octanol–water partition coefficient (Wildman–Crippen LogP) is 1.69. The fourth-order valence-electron chi connectivity index (χ4n) is 1.37. The zero-order valence-electron chi connectivity index (χ0n) is 7.66. The van der Waals surface area contributed by atoms with E-state index in [9.17, 15) is 0 Å². The molecule has 0 saturated heterocycles. The van der Waals surface area contributed by atoms with E-state index >= 15 is 0 Å². The normalized spacial score (nSPS) is 16.0. The third kappa shape index (κ3) is 2.74. The lowest BCUT2D eigenvalue weighted by molar-refractivity contribution is 0.475. The fraction of sp³-hybridized carbons (Fsp3) is 0.455. The van der Waals surface area contributed by atoms with Crippen LogP contribution in [-0.2, 0) is 6.42 Å². The van der Waals surface area contributed by atoms with Gasteiger partial charge in [0.25, 0.3) is 0 Å². The van der Waals surface area contributed by atoms with E-state index in [0.717, 1.165) is 19.0 Å². The van der Waals surface area contributed by atoms with Gasteiger partial charge in [-0.15, -0.1) is 0 Å². The Bertz CT molecular complexity index is 264. The lowest BCUT2D eigenvalue weighted by Gasteiger charge is -2.02. The Morgan fingerprint density at radius 1 is 1.23 bits per heavy atom. The van der Waals surface area contributed by atoms with E-state index < -0.39 is 0 Å². The maximum Gasteiger partial charge on any atom is 0.115 e. The predicted molar refractivity (Wildman–Crippen MR) is 52.8 cm³/mol. The molecule has 2 nitrogen and oxygen atoms in total. The van der Waals surface area contributed by atoms with Gasteiger partial charge in [-0.25, -0.2) is 0 Å². The Labute approximate surface area is 78.6 Å². The molecule has 13 heavy (non-hydrogen) atoms. The van der Waals surface area contributed by atoms with Crippen LogP contribution < -0.4 is 5.32 Å². The van der Waals surface area contributed by atoms with Crippen molar-refractivity contribution in [3.8, 4) is 5.75 Å². The third-order valence-corrected chi connectivity index (χ3v) is 2.36. The first-order valence-corrected chi connectivity index (χ1v) is 4.86. The Morgan fingerprint density at radius 3 is 2.54 bits per heavy atom. The molecule has 70 valence electrons. The summed E-state index contributed by atoms with van der Waals surface area (Å²) in [6.45, 7) is 1.05. The second-order valence-electron chi connectivity index (χ2n) is 3.64. The summed E-state index contributed by atoms with van der Waals surface area (Å²) < 4.78 is 0. The van der Waals surface area contributed by atoms with E-state index in [0.29, 0.717) is 5.75 Å². The summed E-state index contributed by atoms with van der Waals surface area (Å²) in [5.41, 5.74) is 1.28. The van der Waals surface area contributed by atoms with E-state index in [1.54, 1.807) is 12.1 Å². The molecular weight excluding hydrogens is 162 g/mol. The lowest BCUT2D eigenvalue weighted by Crippen LogP contribution is -2.19. The van der Waals surface area contributed by atoms with Gasteiger partial charge in [-0.05, 0) is 43.5 Å². The molecule has 0 atom stereocenters. The number of benzene rings is 1. The Morgan fingerprint density at radius 2 is 1.92 bits per heavy atom. The van der Waals surface area contributed by atoms with Crippen LogP contribution in [0.4, 0.5) is 0 Å². The standard InChI is InChI=1S/C11H15NO/c13-11-5-1-9(2-6-11)7-8-12-10-3-4-10/h1-2,5-6,10,12-13H,3-4,7-8H2. The number of hydrogen-bond acceptors (Lipinski definition) is 2. The van der Waals surface area contributed by atoms with Gasteiger partial charge in [0.1, 0.15) is 5.75 Å². The highest BCUT2D eigenvalue weighted by Crippen LogP contribution is 2.18. The Kier molecular flexibility index (Phi) is 2.50. The molecule has 1 aliphatic rings. The van der Waals surface area contributed by atoms with Crippen LogP contribution in [0.1, 0.15) is 18.4 Å². The number of rotatable bonds is 4. The van der Waals surface area contributed by atoms with Gasteiger partial charge in [0.05, 0.1) is 0 Å². The molecule has 0 heterocycles. The van der Waals surface area contributed by atoms with Crippen LogP contribution in [0.3, 0.4) is 0 Å². The number of aromatic hydroxyl groups is 1. The van der Waals surface area contributed by atoms with Crippen molar-refractivity contribution in [2.24, 2.45) is 0 Å². The number of nitrogens with one attached hydrogen (secondary N) is 1. The van der Waals surface area contributed by atoms with Crippen LogP contribution in [-0.4, -0.2) is 17.7 Å². The van der Waals surface area contributed by atoms with Gasteiger partial charge in [0, 0.05) is 6.04 Å². The van der Waals surface area contributed by atoms with Crippen molar-refractivity contribution in [3.63, 3.8) is 0 Å². The number of phenols is 1. The van der Waals surface area contributed by atoms with Gasteiger partial charge in [-0.3, -0.25) is 0 Å². The topological polar surface area (TPSA) is 32.3 Å². The first kappa shape index (κ1) is 8.57. The Hall–Kier alpha value is -1.02. The largest absolute Gasteiger partial charge is 0.508 e. The first-order chi connectivity index (χ1) is 6.34. The molecule has 0 radical (unpaired) electrons. The third-order valence-electron chi connectivity index (χ3n) is 2.36. The summed E-state index contributed by atoms with van der Waals surface area (Å²) in [5.74, 6) is 0.346. The average molecular weight is 177 g/mol. The molecule has 1 aliphatic carbocycles. The van der Waals surface area contributed by atoms with Gasteiger partial charge in [0.15, 0.2) is 0 Å². The summed E-state index contributed by atoms with van der Waals surface area (Å²) >= 11 is 0. The highest BCUT2D eigenvalue weighted by molar-refractivity contribution is 5.25. The molecule has 0 amide bonds. The van der Waals surface area contributed by atoms with Gasteiger partial charge >= 0.3 is 0 Å². The minimum absolute atomic E-state index is 0.346. The van der Waals surface area contributed by atoms with Crippen molar-refractivity contribution in [2.45, 2.75) is 25.3 Å². The fourth-order valence-corrected chi connectivity index (χ4v) is 1.37. The molecule has 0 aliphatic heterocycles. The minimum atomic E-state index is 0.346. The second-order valence-corrected chi connectivity index (χ2v) is 3.64. The molecule has 2 N–H and O–H groups in total. The van der Waals surface area contributed by atoms with Crippen LogP contribution in [0.2, 0.25) is 0 Å². The maximum atomic E-state index is 9.06. The van der Waals surface area contributed by atoms with E-state index in [-0.39, 0.29) is 0 Å². The molecule has 0 bridgehead atoms. The zero-order valence-corrected chi connectivity index (χ0v) is 7.66. The van der Waals surface area contributed by atoms with Gasteiger partial charge in [-0.1, -0.05) is 12.1 Å². The summed E-state index contributed by atoms with van der Waals surface area (Å²) in [5, 5.41) is 12.5. The second kappa shape index (κ2) is 3.79. The molecule has 2 heteroatoms. The molecule has 0 spiro atoms. The maximum absolute atomic E-state index is 9.06. The molecule has 1 aromatic carbocycles. The van der Waals surface area contributed by atoms with Crippen LogP contribution >= 0.6 is 0 Å². The van der Waals surface area contributed by atoms with Gasteiger partial charge < -0.3 is 10.4 Å². The van der Waals surface area contributed by atoms with Gasteiger partial charge in [0.2, 0.25) is 0 Å². The van der Waals surface area contributed by atoms with E-state index in [4.69, 9.17) is 5.11 Å². The summed E-state index contributed by atoms with van der Waals surface area (Å²) in [6.07, 6.45) is 3.74. The smallest absolute Gasteiger partial charge is 0.115 e. The average Bonchev–Trinajstić information content (AvgIpc) is 2.92. The number of phenolic OH excluding ortho intramolecular Hbond substituents is 1. The summed E-state index contributed by atoms with van der Waals surface area (Å²) in [6, 6.07) is 8.23. The van der Waals surface area contributed by atoms with Crippen molar-refractivity contribution in [1.82, 2.24) is 5.32 Å². The molecule has 1 fully saturated rings. The number of hydrogen-bond donors (Lipinski definition) is 2. The lowest BCUT2D eigenvalue weighted by atomic mass is 10.1. The summed E-state index contributed by atoms with van der Waals surface area (Å²) in [7, 11) is 0. The van der Waals surface area contributed by atoms with Crippen LogP contribution in [0.15, 0.2) is 24.3 Å². The molecule has 1 saturated carbocycles. The minimum Gasteiger partial charge on any atom is -0.508 e. The molecule has 1 aromatic rings. The van der Waals surface area contributed by atoms with E-state index in [1.807, 2.05) is 12.1 Å². The highest BCUT2D eigenvalue weighted by atomic mass is 16.3. The zero-order chi connectivity index (χ0) is 9.10. The SMILES string of the molecule is Oc1ccc(CCNC2CC2)cc1. The molecule has 2 rings (SSSR count). The van der Waals surface area contributed by atoms with Crippen molar-refractivity contribution in [2.75, 3.05) is 6.54 Å².